The first-order chi connectivity index (χ1) is 8.40. The van der Waals surface area contributed by atoms with Crippen LogP contribution in [0, 0.1) is 24.6 Å². The molecule has 0 spiro atoms. The maximum atomic E-state index is 13.8. The minimum absolute atomic E-state index is 0.199. The monoisotopic (exact) mass is 245 g/mol. The van der Waals surface area contributed by atoms with Crippen molar-refractivity contribution in [1.29, 1.82) is 0 Å². The van der Waals surface area contributed by atoms with Crippen LogP contribution in [0.2, 0.25) is 0 Å². The van der Waals surface area contributed by atoms with Gasteiger partial charge in [0.05, 0.1) is 0 Å². The van der Waals surface area contributed by atoms with Crippen LogP contribution in [0.25, 0.3) is 5.57 Å². The third-order valence-electron chi connectivity index (χ3n) is 3.67. The first-order valence-corrected chi connectivity index (χ1v) is 6.32. The summed E-state index contributed by atoms with van der Waals surface area (Å²) >= 11 is 0. The molecule has 2 atom stereocenters. The molecule has 18 heavy (non-hydrogen) atoms. The van der Waals surface area contributed by atoms with Crippen LogP contribution in [0.1, 0.15) is 31.4 Å². The second-order valence-electron chi connectivity index (χ2n) is 5.38. The van der Waals surface area contributed by atoms with E-state index in [9.17, 15) is 4.39 Å². The van der Waals surface area contributed by atoms with E-state index in [1.54, 1.807) is 6.92 Å². The van der Waals surface area contributed by atoms with E-state index in [4.69, 9.17) is 0 Å². The molecule has 0 aliphatic heterocycles. The zero-order valence-electron chi connectivity index (χ0n) is 11.3. The molecule has 2 heteroatoms. The quantitative estimate of drug-likeness (QED) is 0.807. The van der Waals surface area contributed by atoms with Crippen LogP contribution in [0.15, 0.2) is 31.0 Å². The van der Waals surface area contributed by atoms with Crippen molar-refractivity contribution >= 4 is 11.3 Å². The van der Waals surface area contributed by atoms with Crippen LogP contribution in [0.4, 0.5) is 10.1 Å². The van der Waals surface area contributed by atoms with Gasteiger partial charge in [0, 0.05) is 17.3 Å². The summed E-state index contributed by atoms with van der Waals surface area (Å²) in [6.45, 7) is 13.8. The predicted octanol–water partition coefficient (Wildman–Crippen LogP) is 4.75. The van der Waals surface area contributed by atoms with Crippen molar-refractivity contribution in [3.8, 4) is 0 Å². The average Bonchev–Trinajstić information content (AvgIpc) is 3.00. The topological polar surface area (TPSA) is 12.0 Å². The van der Waals surface area contributed by atoms with Crippen LogP contribution in [-0.2, 0) is 0 Å². The van der Waals surface area contributed by atoms with E-state index in [0.29, 0.717) is 17.4 Å². The summed E-state index contributed by atoms with van der Waals surface area (Å²) < 4.78 is 13.8. The summed E-state index contributed by atoms with van der Waals surface area (Å²) in [6, 6.07) is 3.47. The highest BCUT2D eigenvalue weighted by Crippen LogP contribution is 2.43. The Bertz CT molecular complexity index is 516. The first-order valence-electron chi connectivity index (χ1n) is 6.32. The van der Waals surface area contributed by atoms with E-state index in [2.05, 4.69) is 25.4 Å². The van der Waals surface area contributed by atoms with Gasteiger partial charge in [-0.3, -0.25) is 0 Å². The molecule has 1 aliphatic rings. The number of hydrogen-bond acceptors (Lipinski definition) is 1. The normalized spacial score (nSPS) is 21.6. The fourth-order valence-electron chi connectivity index (χ4n) is 2.28. The lowest BCUT2D eigenvalue weighted by Gasteiger charge is -2.13. The van der Waals surface area contributed by atoms with Crippen LogP contribution < -0.4 is 5.32 Å². The molecule has 96 valence electrons. The second kappa shape index (κ2) is 4.60. The van der Waals surface area contributed by atoms with Crippen LogP contribution in [0.5, 0.6) is 0 Å². The van der Waals surface area contributed by atoms with E-state index >= 15 is 0 Å². The standard InChI is InChI=1S/C16H20FN/c1-9(2)14-7-13(8-16(17)11(14)4)18-12(5)15-6-10(15)3/h7-8,10,15,18H,1,5-6H2,2-4H3. The van der Waals surface area contributed by atoms with Gasteiger partial charge in [-0.1, -0.05) is 25.7 Å². The minimum Gasteiger partial charge on any atom is -0.359 e. The molecule has 0 radical (unpaired) electrons. The Kier molecular flexibility index (Phi) is 3.29. The number of hydrogen-bond donors (Lipinski definition) is 1. The molecule has 1 nitrogen and oxygen atoms in total. The molecule has 0 amide bonds. The molecule has 2 rings (SSSR count). The van der Waals surface area contributed by atoms with E-state index in [-0.39, 0.29) is 5.82 Å². The van der Waals surface area contributed by atoms with Crippen molar-refractivity contribution in [3.63, 3.8) is 0 Å². The van der Waals surface area contributed by atoms with Gasteiger partial charge in [-0.25, -0.2) is 4.39 Å². The zero-order valence-corrected chi connectivity index (χ0v) is 11.3. The highest BCUT2D eigenvalue weighted by molar-refractivity contribution is 5.69. The Morgan fingerprint density at radius 2 is 2.00 bits per heavy atom. The Balaban J connectivity index is 2.23. The van der Waals surface area contributed by atoms with Crippen molar-refractivity contribution in [2.24, 2.45) is 11.8 Å². The molecule has 1 aromatic rings. The SMILES string of the molecule is C=C(C)c1cc(NC(=C)C2CC2C)cc(F)c1C. The van der Waals surface area contributed by atoms with E-state index in [0.717, 1.165) is 22.5 Å². The van der Waals surface area contributed by atoms with Crippen LogP contribution in [0.3, 0.4) is 0 Å². The molecule has 1 N–H and O–H groups in total. The maximum Gasteiger partial charge on any atom is 0.128 e. The van der Waals surface area contributed by atoms with E-state index in [1.165, 1.54) is 12.5 Å². The number of nitrogens with one attached hydrogen (secondary N) is 1. The smallest absolute Gasteiger partial charge is 0.128 e. The van der Waals surface area contributed by atoms with Gasteiger partial charge in [0.2, 0.25) is 0 Å². The van der Waals surface area contributed by atoms with Crippen molar-refractivity contribution in [2.45, 2.75) is 27.2 Å². The molecular weight excluding hydrogens is 225 g/mol. The zero-order chi connectivity index (χ0) is 13.4. The number of halogens is 1. The lowest BCUT2D eigenvalue weighted by Crippen LogP contribution is -2.03. The molecule has 0 saturated heterocycles. The Morgan fingerprint density at radius 1 is 1.39 bits per heavy atom. The summed E-state index contributed by atoms with van der Waals surface area (Å²) in [5, 5.41) is 3.22. The molecule has 0 aromatic heterocycles. The summed E-state index contributed by atoms with van der Waals surface area (Å²) in [4.78, 5) is 0. The molecule has 2 unspecified atom stereocenters. The fourth-order valence-corrected chi connectivity index (χ4v) is 2.28. The Labute approximate surface area is 108 Å². The van der Waals surface area contributed by atoms with Gasteiger partial charge >= 0.3 is 0 Å². The van der Waals surface area contributed by atoms with E-state index < -0.39 is 0 Å². The van der Waals surface area contributed by atoms with Crippen molar-refractivity contribution in [2.75, 3.05) is 5.32 Å². The van der Waals surface area contributed by atoms with Gasteiger partial charge in [-0.15, -0.1) is 0 Å². The van der Waals surface area contributed by atoms with Gasteiger partial charge in [0.25, 0.3) is 0 Å². The Hall–Kier alpha value is -1.57. The van der Waals surface area contributed by atoms with Gasteiger partial charge in [0.15, 0.2) is 0 Å². The summed E-state index contributed by atoms with van der Waals surface area (Å²) in [5.41, 5.74) is 4.15. The lowest BCUT2D eigenvalue weighted by atomic mass is 10.0. The Morgan fingerprint density at radius 3 is 2.50 bits per heavy atom. The number of allylic oxidation sites excluding steroid dienone is 2. The van der Waals surface area contributed by atoms with Crippen molar-refractivity contribution < 1.29 is 4.39 Å². The molecule has 1 aromatic carbocycles. The highest BCUT2D eigenvalue weighted by atomic mass is 19.1. The van der Waals surface area contributed by atoms with Gasteiger partial charge in [-0.05, 0) is 49.4 Å². The molecule has 1 aliphatic carbocycles. The van der Waals surface area contributed by atoms with Crippen molar-refractivity contribution in [3.05, 3.63) is 47.9 Å². The van der Waals surface area contributed by atoms with Crippen LogP contribution >= 0.6 is 0 Å². The maximum absolute atomic E-state index is 13.8. The summed E-state index contributed by atoms with van der Waals surface area (Å²) in [6.07, 6.45) is 1.17. The first kappa shape index (κ1) is 12.9. The van der Waals surface area contributed by atoms with Gasteiger partial charge in [-0.2, -0.15) is 0 Å². The molecular formula is C16H20FN. The summed E-state index contributed by atoms with van der Waals surface area (Å²) in [7, 11) is 0. The third-order valence-corrected chi connectivity index (χ3v) is 3.67. The van der Waals surface area contributed by atoms with Crippen LogP contribution in [-0.4, -0.2) is 0 Å². The molecule has 1 saturated carbocycles. The number of anilines is 1. The van der Waals surface area contributed by atoms with Gasteiger partial charge < -0.3 is 5.32 Å². The lowest BCUT2D eigenvalue weighted by molar-refractivity contribution is 0.618. The summed E-state index contributed by atoms with van der Waals surface area (Å²) in [5.74, 6) is 1.03. The predicted molar refractivity (Wildman–Crippen MR) is 75.9 cm³/mol. The van der Waals surface area contributed by atoms with Gasteiger partial charge in [0.1, 0.15) is 5.82 Å². The number of rotatable bonds is 4. The largest absolute Gasteiger partial charge is 0.359 e. The average molecular weight is 245 g/mol. The number of benzene rings is 1. The molecule has 0 heterocycles. The molecule has 1 fully saturated rings. The highest BCUT2D eigenvalue weighted by Gasteiger charge is 2.35. The fraction of sp³-hybridized carbons (Fsp3) is 0.375. The minimum atomic E-state index is -0.199. The van der Waals surface area contributed by atoms with E-state index in [1.807, 2.05) is 13.0 Å². The van der Waals surface area contributed by atoms with Crippen molar-refractivity contribution in [1.82, 2.24) is 0 Å². The third kappa shape index (κ3) is 2.47. The molecule has 0 bridgehead atoms. The second-order valence-corrected chi connectivity index (χ2v) is 5.38.